The highest BCUT2D eigenvalue weighted by atomic mass is 28.4. The molecule has 0 N–H and O–H groups in total. The Kier molecular flexibility index (Phi) is 4.35. The van der Waals surface area contributed by atoms with Crippen LogP contribution in [0.5, 0.6) is 0 Å². The molecule has 0 bridgehead atoms. The van der Waals surface area contributed by atoms with Crippen LogP contribution in [0.4, 0.5) is 0 Å². The predicted octanol–water partition coefficient (Wildman–Crippen LogP) is 2.70. The predicted molar refractivity (Wildman–Crippen MR) is 63.2 cm³/mol. The monoisotopic (exact) mass is 232 g/mol. The molecule has 3 nitrogen and oxygen atoms in total. The van der Waals surface area contributed by atoms with Gasteiger partial charge in [0.25, 0.3) is 0 Å². The maximum absolute atomic E-state index is 5.98. The van der Waals surface area contributed by atoms with Crippen LogP contribution in [0.1, 0.15) is 34.6 Å². The Labute approximate surface area is 94.4 Å². The fraction of sp³-hybridized carbons (Fsp3) is 1.00. The molecular weight excluding hydrogens is 208 g/mol. The lowest BCUT2D eigenvalue weighted by molar-refractivity contribution is 0.108. The van der Waals surface area contributed by atoms with Gasteiger partial charge in [-0.3, -0.25) is 0 Å². The first-order chi connectivity index (χ1) is 6.82. The van der Waals surface area contributed by atoms with Crippen molar-refractivity contribution >= 4 is 8.56 Å². The molecule has 15 heavy (non-hydrogen) atoms. The molecule has 0 spiro atoms. The third kappa shape index (κ3) is 4.63. The minimum atomic E-state index is -2.04. The third-order valence-corrected chi connectivity index (χ3v) is 5.46. The Balaban J connectivity index is 2.50. The molecule has 0 radical (unpaired) electrons. The first-order valence-corrected chi connectivity index (χ1v) is 8.36. The van der Waals surface area contributed by atoms with Crippen LogP contribution in [-0.4, -0.2) is 33.0 Å². The van der Waals surface area contributed by atoms with Gasteiger partial charge in [-0.25, -0.2) is 0 Å². The van der Waals surface area contributed by atoms with Gasteiger partial charge in [0.1, 0.15) is 0 Å². The molecule has 2 atom stereocenters. The normalized spacial score (nSPS) is 26.4. The Morgan fingerprint density at radius 1 is 1.13 bits per heavy atom. The van der Waals surface area contributed by atoms with Gasteiger partial charge in [0, 0.05) is 18.3 Å². The molecule has 0 aromatic heterocycles. The molecule has 2 unspecified atom stereocenters. The van der Waals surface area contributed by atoms with E-state index in [-0.39, 0.29) is 12.2 Å². The number of hydrogen-bond acceptors (Lipinski definition) is 3. The smallest absolute Gasteiger partial charge is 0.338 e. The highest BCUT2D eigenvalue weighted by Crippen LogP contribution is 2.32. The third-order valence-electron chi connectivity index (χ3n) is 2.38. The average Bonchev–Trinajstić information content (AvgIpc) is 2.59. The fourth-order valence-electron chi connectivity index (χ4n) is 1.93. The van der Waals surface area contributed by atoms with Crippen LogP contribution in [0, 0.1) is 0 Å². The molecular formula is C11H24O3Si. The van der Waals surface area contributed by atoms with E-state index < -0.39 is 8.56 Å². The van der Waals surface area contributed by atoms with Gasteiger partial charge < -0.3 is 13.6 Å². The van der Waals surface area contributed by atoms with Gasteiger partial charge in [-0.2, -0.15) is 0 Å². The second-order valence-electron chi connectivity index (χ2n) is 5.05. The lowest BCUT2D eigenvalue weighted by atomic mass is 10.4. The van der Waals surface area contributed by atoms with Crippen molar-refractivity contribution in [3.05, 3.63) is 0 Å². The van der Waals surface area contributed by atoms with Crippen molar-refractivity contribution in [3.8, 4) is 0 Å². The minimum absolute atomic E-state index is 0.231. The van der Waals surface area contributed by atoms with Gasteiger partial charge in [-0.05, 0) is 41.2 Å². The summed E-state index contributed by atoms with van der Waals surface area (Å²) in [5, 5.41) is 0. The SMILES string of the molecule is CC(C)O[Si](C)(CC1OC1C)OC(C)C. The average molecular weight is 232 g/mol. The van der Waals surface area contributed by atoms with Gasteiger partial charge in [-0.1, -0.05) is 0 Å². The van der Waals surface area contributed by atoms with Crippen LogP contribution in [0.15, 0.2) is 0 Å². The molecule has 0 aliphatic carbocycles. The van der Waals surface area contributed by atoms with Crippen molar-refractivity contribution in [3.63, 3.8) is 0 Å². The van der Waals surface area contributed by atoms with Crippen LogP contribution < -0.4 is 0 Å². The second-order valence-corrected chi connectivity index (χ2v) is 8.20. The molecule has 1 saturated heterocycles. The van der Waals surface area contributed by atoms with E-state index in [1.165, 1.54) is 0 Å². The van der Waals surface area contributed by atoms with Gasteiger partial charge in [0.2, 0.25) is 0 Å². The Morgan fingerprint density at radius 2 is 1.53 bits per heavy atom. The molecule has 0 amide bonds. The summed E-state index contributed by atoms with van der Waals surface area (Å²) in [5.74, 6) is 0. The summed E-state index contributed by atoms with van der Waals surface area (Å²) in [5.41, 5.74) is 0. The van der Waals surface area contributed by atoms with Gasteiger partial charge >= 0.3 is 8.56 Å². The molecule has 0 aromatic carbocycles. The summed E-state index contributed by atoms with van der Waals surface area (Å²) in [6.45, 7) is 12.5. The summed E-state index contributed by atoms with van der Waals surface area (Å²) in [4.78, 5) is 0. The quantitative estimate of drug-likeness (QED) is 0.521. The van der Waals surface area contributed by atoms with E-state index in [0.717, 1.165) is 6.04 Å². The van der Waals surface area contributed by atoms with E-state index in [4.69, 9.17) is 13.6 Å². The highest BCUT2D eigenvalue weighted by molar-refractivity contribution is 6.66. The summed E-state index contributed by atoms with van der Waals surface area (Å²) in [6.07, 6.45) is 1.21. The van der Waals surface area contributed by atoms with Crippen LogP contribution in [-0.2, 0) is 13.6 Å². The standard InChI is InChI=1S/C11H24O3Si/c1-8(2)13-15(6,14-9(3)4)7-11-10(5)12-11/h8-11H,7H2,1-6H3. The molecule has 0 saturated carbocycles. The van der Waals surface area contributed by atoms with E-state index >= 15 is 0 Å². The van der Waals surface area contributed by atoms with Crippen LogP contribution in [0.25, 0.3) is 0 Å². The lowest BCUT2D eigenvalue weighted by Crippen LogP contribution is -2.44. The van der Waals surface area contributed by atoms with E-state index in [0.29, 0.717) is 12.2 Å². The Bertz CT molecular complexity index is 196. The van der Waals surface area contributed by atoms with Crippen LogP contribution in [0.3, 0.4) is 0 Å². The topological polar surface area (TPSA) is 31.0 Å². The maximum Gasteiger partial charge on any atom is 0.338 e. The van der Waals surface area contributed by atoms with Crippen LogP contribution >= 0.6 is 0 Å². The number of epoxide rings is 1. The van der Waals surface area contributed by atoms with E-state index in [1.807, 2.05) is 0 Å². The van der Waals surface area contributed by atoms with Gasteiger partial charge in [0.05, 0.1) is 12.2 Å². The minimum Gasteiger partial charge on any atom is -0.392 e. The zero-order valence-electron chi connectivity index (χ0n) is 10.7. The summed E-state index contributed by atoms with van der Waals surface area (Å²) in [7, 11) is -2.04. The molecule has 4 heteroatoms. The largest absolute Gasteiger partial charge is 0.392 e. The Hall–Kier alpha value is 0.0969. The van der Waals surface area contributed by atoms with Crippen LogP contribution in [0.2, 0.25) is 12.6 Å². The van der Waals surface area contributed by atoms with Crippen molar-refractivity contribution in [1.82, 2.24) is 0 Å². The molecule has 1 fully saturated rings. The van der Waals surface area contributed by atoms with Gasteiger partial charge in [-0.15, -0.1) is 0 Å². The van der Waals surface area contributed by atoms with Crippen molar-refractivity contribution in [2.75, 3.05) is 0 Å². The second kappa shape index (κ2) is 4.95. The number of rotatable bonds is 6. The number of ether oxygens (including phenoxy) is 1. The maximum atomic E-state index is 5.98. The van der Waals surface area contributed by atoms with Crippen molar-refractivity contribution in [1.29, 1.82) is 0 Å². The van der Waals surface area contributed by atoms with E-state index in [1.54, 1.807) is 0 Å². The first kappa shape index (κ1) is 13.2. The molecule has 0 aromatic rings. The fourth-order valence-corrected chi connectivity index (χ4v) is 5.33. The Morgan fingerprint density at radius 3 is 1.80 bits per heavy atom. The van der Waals surface area contributed by atoms with Crippen molar-refractivity contribution < 1.29 is 13.6 Å². The molecule has 90 valence electrons. The highest BCUT2D eigenvalue weighted by Gasteiger charge is 2.45. The van der Waals surface area contributed by atoms with Crippen molar-refractivity contribution in [2.45, 2.75) is 71.6 Å². The number of hydrogen-bond donors (Lipinski definition) is 0. The van der Waals surface area contributed by atoms with E-state index in [2.05, 4.69) is 41.2 Å². The summed E-state index contributed by atoms with van der Waals surface area (Å²) >= 11 is 0. The summed E-state index contributed by atoms with van der Waals surface area (Å²) in [6, 6.07) is 0.949. The molecule has 1 aliphatic rings. The summed E-state index contributed by atoms with van der Waals surface area (Å²) < 4.78 is 17.4. The van der Waals surface area contributed by atoms with Gasteiger partial charge in [0.15, 0.2) is 0 Å². The molecule has 1 aliphatic heterocycles. The van der Waals surface area contributed by atoms with Crippen molar-refractivity contribution in [2.24, 2.45) is 0 Å². The molecule has 1 rings (SSSR count). The van der Waals surface area contributed by atoms with E-state index in [9.17, 15) is 0 Å². The zero-order valence-corrected chi connectivity index (χ0v) is 11.7. The lowest BCUT2D eigenvalue weighted by Gasteiger charge is -2.30. The molecule has 1 heterocycles. The first-order valence-electron chi connectivity index (χ1n) is 5.83. The zero-order chi connectivity index (χ0) is 11.6.